The fraction of sp³-hybridized carbons (Fsp3) is 0.0108. The van der Waals surface area contributed by atoms with Gasteiger partial charge in [0, 0.05) is 95.6 Å². The van der Waals surface area contributed by atoms with E-state index < -0.39 is 0 Å². The van der Waals surface area contributed by atoms with Crippen LogP contribution in [0.15, 0.2) is 320 Å². The number of furan rings is 1. The van der Waals surface area contributed by atoms with E-state index in [4.69, 9.17) is 44.3 Å². The van der Waals surface area contributed by atoms with E-state index >= 15 is 0 Å². The first kappa shape index (κ1) is 61.8. The molecule has 9 nitrogen and oxygen atoms in total. The van der Waals surface area contributed by atoms with Crippen LogP contribution in [0.3, 0.4) is 0 Å². The maximum Gasteiger partial charge on any atom is 0.164 e. The van der Waals surface area contributed by atoms with Crippen LogP contribution in [0, 0.1) is 0 Å². The molecule has 7 aromatic heterocycles. The summed E-state index contributed by atoms with van der Waals surface area (Å²) in [4.78, 5) is 40.7. The minimum Gasteiger partial charge on any atom is -0.456 e. The van der Waals surface area contributed by atoms with E-state index in [0.29, 0.717) is 34.9 Å². The number of benzene rings is 14. The molecule has 0 amide bonds. The van der Waals surface area contributed by atoms with Crippen LogP contribution in [0.5, 0.6) is 0 Å². The predicted molar refractivity (Wildman–Crippen MR) is 442 cm³/mol. The molecule has 0 unspecified atom stereocenters. The molecule has 0 radical (unpaired) electrons. The lowest BCUT2D eigenvalue weighted by Gasteiger charge is -2.11. The molecule has 0 saturated carbocycles. The van der Waals surface area contributed by atoms with Gasteiger partial charge >= 0.3 is 0 Å². The molecule has 0 spiro atoms. The number of para-hydroxylation sites is 3. The van der Waals surface area contributed by atoms with Crippen LogP contribution in [-0.4, -0.2) is 39.9 Å². The first-order chi connectivity index (χ1) is 52.5. The number of rotatable bonds is 10. The van der Waals surface area contributed by atoms with Gasteiger partial charge in [0.1, 0.15) is 21.2 Å². The van der Waals surface area contributed by atoms with E-state index in [9.17, 15) is 0 Å². The summed E-state index contributed by atoms with van der Waals surface area (Å²) < 4.78 is 13.5. The number of aromatic nitrogens is 8. The van der Waals surface area contributed by atoms with E-state index in [1.807, 2.05) is 96.3 Å². The van der Waals surface area contributed by atoms with Gasteiger partial charge in [0.25, 0.3) is 0 Å². The molecule has 0 fully saturated rings. The van der Waals surface area contributed by atoms with Crippen LogP contribution in [0.25, 0.3) is 206 Å². The Morgan fingerprint density at radius 3 is 1.22 bits per heavy atom. The van der Waals surface area contributed by atoms with Gasteiger partial charge in [-0.2, -0.15) is 0 Å². The normalized spacial score (nSPS) is 11.9. The number of hydrogen-bond donors (Lipinski definition) is 0. The molecule has 496 valence electrons. The van der Waals surface area contributed by atoms with Crippen molar-refractivity contribution in [3.8, 4) is 123 Å². The number of thiazole rings is 2. The van der Waals surface area contributed by atoms with E-state index in [1.54, 1.807) is 34.0 Å². The summed E-state index contributed by atoms with van der Waals surface area (Å²) in [6, 6.07) is 110. The first-order valence-electron chi connectivity index (χ1n) is 35.1. The molecule has 1 aliphatic rings. The molecule has 22 rings (SSSR count). The van der Waals surface area contributed by atoms with Crippen molar-refractivity contribution in [2.75, 3.05) is 0 Å². The third-order valence-electron chi connectivity index (χ3n) is 20.0. The lowest BCUT2D eigenvalue weighted by atomic mass is 9.99. The zero-order valence-electron chi connectivity index (χ0n) is 56.3. The summed E-state index contributed by atoms with van der Waals surface area (Å²) in [6.07, 6.45) is 0.949. The third kappa shape index (κ3) is 10.9. The van der Waals surface area contributed by atoms with Crippen molar-refractivity contribution >= 4 is 128 Å². The highest BCUT2D eigenvalue weighted by molar-refractivity contribution is 7.27. The second-order valence-corrected chi connectivity index (χ2v) is 30.6. The molecule has 0 aliphatic heterocycles. The minimum atomic E-state index is 0.597. The molecule has 0 saturated heterocycles. The van der Waals surface area contributed by atoms with Gasteiger partial charge in [-0.05, 0) is 124 Å². The van der Waals surface area contributed by atoms with Gasteiger partial charge in [0.05, 0.1) is 20.4 Å². The molecule has 106 heavy (non-hydrogen) atoms. The summed E-state index contributed by atoms with van der Waals surface area (Å²) in [6.45, 7) is 0. The van der Waals surface area contributed by atoms with Gasteiger partial charge in [-0.1, -0.05) is 243 Å². The Bertz CT molecular complexity index is 7030. The van der Waals surface area contributed by atoms with E-state index in [2.05, 4.69) is 231 Å². The highest BCUT2D eigenvalue weighted by Gasteiger charge is 2.25. The standard InChI is InChI=1S/C47H28N4S2.C46H26N4OS2/c1-2-11-28(12-3-1)44-49-45(32-24-23-31-25-29-13-4-5-16-34(29)38(31)27-32)51-46(50-44)37-19-10-22-41-42(37)36-18-9-17-35(43(36)52-41)30-14-8-15-33(26-30)47-48-39-20-6-7-21-40(39)53-47;1-2-11-27(12-3-1)43-48-44(29-23-24-33-32-15-4-6-20-37(32)51-38(33)26-29)50-45(49-43)35-18-10-22-40-41(35)34-17-9-16-31(42(34)52-40)28-13-8-14-30(25-28)46-47-36-19-5-7-21-39(36)53-46/h1-24,26-27H,25H2;1-26H. The topological polar surface area (TPSA) is 116 Å². The molecule has 7 heterocycles. The summed E-state index contributed by atoms with van der Waals surface area (Å²) in [5.74, 6) is 3.86. The van der Waals surface area contributed by atoms with Crippen molar-refractivity contribution in [3.63, 3.8) is 0 Å². The number of hydrogen-bond acceptors (Lipinski definition) is 13. The van der Waals surface area contributed by atoms with Gasteiger partial charge in [0.2, 0.25) is 0 Å². The van der Waals surface area contributed by atoms with Crippen molar-refractivity contribution in [3.05, 3.63) is 327 Å². The lowest BCUT2D eigenvalue weighted by Crippen LogP contribution is -2.00. The Morgan fingerprint density at radius 1 is 0.226 bits per heavy atom. The maximum atomic E-state index is 6.26. The Kier molecular flexibility index (Phi) is 14.9. The molecule has 13 heteroatoms. The molecule has 0 N–H and O–H groups in total. The quantitative estimate of drug-likeness (QED) is 0.132. The maximum absolute atomic E-state index is 6.26. The van der Waals surface area contributed by atoms with Gasteiger partial charge in [0.15, 0.2) is 34.9 Å². The Labute approximate surface area is 623 Å². The number of nitrogens with zero attached hydrogens (tertiary/aromatic N) is 8. The highest BCUT2D eigenvalue weighted by Crippen LogP contribution is 2.48. The Morgan fingerprint density at radius 2 is 0.632 bits per heavy atom. The van der Waals surface area contributed by atoms with Crippen LogP contribution in [0.4, 0.5) is 0 Å². The van der Waals surface area contributed by atoms with Crippen LogP contribution in [0.1, 0.15) is 11.1 Å². The molecular weight excluding hydrogens is 1370 g/mol. The fourth-order valence-electron chi connectivity index (χ4n) is 15.0. The molecule has 14 aromatic carbocycles. The molecule has 21 aromatic rings. The van der Waals surface area contributed by atoms with Crippen LogP contribution in [0.2, 0.25) is 0 Å². The highest BCUT2D eigenvalue weighted by atomic mass is 32.1. The zero-order chi connectivity index (χ0) is 69.8. The van der Waals surface area contributed by atoms with Gasteiger partial charge in [-0.15, -0.1) is 45.3 Å². The fourth-order valence-corrected chi connectivity index (χ4v) is 19.4. The molecule has 0 atom stereocenters. The summed E-state index contributed by atoms with van der Waals surface area (Å²) in [5.41, 5.74) is 21.7. The van der Waals surface area contributed by atoms with Crippen molar-refractivity contribution in [1.29, 1.82) is 0 Å². The minimum absolute atomic E-state index is 0.597. The SMILES string of the molecule is c1ccc(-c2nc(-c3ccc4c(c3)-c3ccccc3C4)nc(-c3cccc4sc5c(-c6cccc(-c7nc8ccccc8s7)c6)cccc5c34)n2)cc1.c1ccc(-c2nc(-c3ccc4c(c3)oc3ccccc34)nc(-c3cccc4sc5c(-c6cccc(-c7nc8ccccc8s7)c6)cccc5c34)n2)cc1. The second-order valence-electron chi connectivity index (χ2n) is 26.4. The average Bonchev–Trinajstić information content (AvgIpc) is 1.58. The lowest BCUT2D eigenvalue weighted by molar-refractivity contribution is 0.669. The van der Waals surface area contributed by atoms with Crippen LogP contribution >= 0.6 is 45.3 Å². The van der Waals surface area contributed by atoms with E-state index in [0.717, 1.165) is 110 Å². The van der Waals surface area contributed by atoms with E-state index in [1.165, 1.54) is 77.9 Å². The molecule has 0 bridgehead atoms. The van der Waals surface area contributed by atoms with Crippen molar-refractivity contribution in [1.82, 2.24) is 39.9 Å². The Hall–Kier alpha value is -12.9. The van der Waals surface area contributed by atoms with Crippen molar-refractivity contribution in [2.45, 2.75) is 6.42 Å². The first-order valence-corrected chi connectivity index (χ1v) is 38.3. The zero-order valence-corrected chi connectivity index (χ0v) is 59.6. The third-order valence-corrected chi connectivity index (χ3v) is 24.6. The molecule has 1 aliphatic carbocycles. The molecular formula is C93H54N8OS4. The van der Waals surface area contributed by atoms with Crippen molar-refractivity contribution in [2.24, 2.45) is 0 Å². The second kappa shape index (κ2) is 25.5. The van der Waals surface area contributed by atoms with Crippen LogP contribution < -0.4 is 0 Å². The number of fused-ring (bicyclic) bond motifs is 14. The smallest absolute Gasteiger partial charge is 0.164 e. The number of thiophene rings is 2. The average molecular weight is 1430 g/mol. The monoisotopic (exact) mass is 1430 g/mol. The Balaban J connectivity index is 0.000000136. The largest absolute Gasteiger partial charge is 0.456 e. The van der Waals surface area contributed by atoms with Crippen LogP contribution in [-0.2, 0) is 6.42 Å². The van der Waals surface area contributed by atoms with Gasteiger partial charge < -0.3 is 4.42 Å². The van der Waals surface area contributed by atoms with Crippen molar-refractivity contribution < 1.29 is 4.42 Å². The predicted octanol–water partition coefficient (Wildman–Crippen LogP) is 25.8. The van der Waals surface area contributed by atoms with E-state index in [-0.39, 0.29) is 0 Å². The summed E-state index contributed by atoms with van der Waals surface area (Å²) >= 11 is 7.09. The summed E-state index contributed by atoms with van der Waals surface area (Å²) in [7, 11) is 0. The van der Waals surface area contributed by atoms with Gasteiger partial charge in [-0.25, -0.2) is 39.9 Å². The van der Waals surface area contributed by atoms with Gasteiger partial charge in [-0.3, -0.25) is 0 Å². The summed E-state index contributed by atoms with van der Waals surface area (Å²) in [5, 5.41) is 8.89.